The summed E-state index contributed by atoms with van der Waals surface area (Å²) in [5.74, 6) is 0.963. The molecule has 6 nitrogen and oxygen atoms in total. The number of nitrogens with one attached hydrogen (secondary N) is 1. The van der Waals surface area contributed by atoms with E-state index in [-0.39, 0.29) is 17.5 Å². The predicted molar refractivity (Wildman–Crippen MR) is 79.3 cm³/mol. The van der Waals surface area contributed by atoms with E-state index in [1.54, 1.807) is 6.20 Å². The Kier molecular flexibility index (Phi) is 3.08. The van der Waals surface area contributed by atoms with Gasteiger partial charge in [-0.05, 0) is 25.7 Å². The SMILES string of the molecule is O=C1NCC2(CCCC2)N2c3nc(SO)ncc3CCC12. The first-order valence-corrected chi connectivity index (χ1v) is 8.25. The van der Waals surface area contributed by atoms with Crippen LogP contribution < -0.4 is 10.2 Å². The number of carbonyl (C=O) groups is 1. The number of carbonyl (C=O) groups excluding carboxylic acids is 1. The smallest absolute Gasteiger partial charge is 0.242 e. The van der Waals surface area contributed by atoms with Crippen molar-refractivity contribution in [1.29, 1.82) is 0 Å². The first-order chi connectivity index (χ1) is 10.2. The van der Waals surface area contributed by atoms with E-state index in [2.05, 4.69) is 20.2 Å². The topological polar surface area (TPSA) is 78.4 Å². The third kappa shape index (κ3) is 1.94. The van der Waals surface area contributed by atoms with Gasteiger partial charge in [-0.15, -0.1) is 0 Å². The number of anilines is 1. The highest BCUT2D eigenvalue weighted by atomic mass is 32.2. The lowest BCUT2D eigenvalue weighted by molar-refractivity contribution is -0.125. The predicted octanol–water partition coefficient (Wildman–Crippen LogP) is 1.61. The molecule has 1 amide bonds. The molecule has 1 saturated carbocycles. The summed E-state index contributed by atoms with van der Waals surface area (Å²) >= 11 is 0.563. The molecular weight excluding hydrogens is 288 g/mol. The molecule has 0 radical (unpaired) electrons. The van der Waals surface area contributed by atoms with Gasteiger partial charge in [-0.25, -0.2) is 9.97 Å². The molecule has 1 atom stereocenters. The Morgan fingerprint density at radius 2 is 2.24 bits per heavy atom. The van der Waals surface area contributed by atoms with E-state index >= 15 is 0 Å². The third-order valence-corrected chi connectivity index (χ3v) is 5.43. The third-order valence-electron chi connectivity index (χ3n) is 5.07. The van der Waals surface area contributed by atoms with E-state index in [1.165, 1.54) is 12.8 Å². The van der Waals surface area contributed by atoms with Crippen molar-refractivity contribution in [2.75, 3.05) is 11.4 Å². The minimum atomic E-state index is -0.129. The monoisotopic (exact) mass is 306 g/mol. The highest BCUT2D eigenvalue weighted by Crippen LogP contribution is 2.44. The van der Waals surface area contributed by atoms with Crippen molar-refractivity contribution in [3.05, 3.63) is 11.8 Å². The van der Waals surface area contributed by atoms with Crippen LogP contribution in [0.2, 0.25) is 0 Å². The molecule has 4 rings (SSSR count). The van der Waals surface area contributed by atoms with Gasteiger partial charge in [0.15, 0.2) is 0 Å². The maximum absolute atomic E-state index is 12.3. The Morgan fingerprint density at radius 3 is 3.00 bits per heavy atom. The fourth-order valence-electron chi connectivity index (χ4n) is 4.09. The zero-order chi connectivity index (χ0) is 14.4. The van der Waals surface area contributed by atoms with Crippen molar-refractivity contribution in [3.8, 4) is 0 Å². The quantitative estimate of drug-likeness (QED) is 0.606. The average molecular weight is 306 g/mol. The number of nitrogens with zero attached hydrogens (tertiary/aromatic N) is 3. The molecule has 1 aliphatic carbocycles. The molecule has 0 aromatic carbocycles. The second kappa shape index (κ2) is 4.84. The zero-order valence-electron chi connectivity index (χ0n) is 11.7. The van der Waals surface area contributed by atoms with Crippen LogP contribution in [0.15, 0.2) is 11.4 Å². The summed E-state index contributed by atoms with van der Waals surface area (Å²) in [6.45, 7) is 0.702. The highest BCUT2D eigenvalue weighted by molar-refractivity contribution is 7.93. The Labute approximate surface area is 127 Å². The van der Waals surface area contributed by atoms with Crippen LogP contribution in [-0.4, -0.2) is 38.6 Å². The molecule has 21 heavy (non-hydrogen) atoms. The van der Waals surface area contributed by atoms with Crippen LogP contribution in [0.5, 0.6) is 0 Å². The average Bonchev–Trinajstić information content (AvgIpc) is 2.99. The lowest BCUT2D eigenvalue weighted by Crippen LogP contribution is -2.68. The summed E-state index contributed by atoms with van der Waals surface area (Å²) in [4.78, 5) is 23.2. The molecule has 2 aliphatic heterocycles. The minimum absolute atomic E-state index is 0.000504. The number of hydrogen-bond donors (Lipinski definition) is 2. The molecule has 3 heterocycles. The van der Waals surface area contributed by atoms with Crippen molar-refractivity contribution in [1.82, 2.24) is 15.3 Å². The summed E-state index contributed by atoms with van der Waals surface area (Å²) in [6.07, 6.45) is 8.00. The van der Waals surface area contributed by atoms with Crippen molar-refractivity contribution in [3.63, 3.8) is 0 Å². The number of piperazine rings is 1. The van der Waals surface area contributed by atoms with Crippen molar-refractivity contribution in [2.45, 2.75) is 55.3 Å². The first kappa shape index (κ1) is 13.3. The number of amides is 1. The normalized spacial score (nSPS) is 26.4. The van der Waals surface area contributed by atoms with E-state index in [9.17, 15) is 9.35 Å². The minimum Gasteiger partial charge on any atom is -0.352 e. The van der Waals surface area contributed by atoms with Gasteiger partial charge in [-0.3, -0.25) is 4.79 Å². The molecule has 1 spiro atoms. The molecule has 112 valence electrons. The second-order valence-corrected chi connectivity index (χ2v) is 6.71. The lowest BCUT2D eigenvalue weighted by atomic mass is 9.85. The lowest BCUT2D eigenvalue weighted by Gasteiger charge is -2.52. The summed E-state index contributed by atoms with van der Waals surface area (Å²) in [5.41, 5.74) is 1.09. The summed E-state index contributed by atoms with van der Waals surface area (Å²) in [6, 6.07) is -0.129. The van der Waals surface area contributed by atoms with Crippen molar-refractivity contribution < 1.29 is 9.35 Å². The fourth-order valence-corrected chi connectivity index (χ4v) is 4.32. The van der Waals surface area contributed by atoms with Crippen LogP contribution in [0.3, 0.4) is 0 Å². The van der Waals surface area contributed by atoms with Crippen molar-refractivity contribution in [2.24, 2.45) is 0 Å². The molecule has 2 fully saturated rings. The van der Waals surface area contributed by atoms with E-state index in [0.29, 0.717) is 23.7 Å². The molecule has 1 unspecified atom stereocenters. The Balaban J connectivity index is 1.84. The largest absolute Gasteiger partial charge is 0.352 e. The number of rotatable bonds is 1. The Morgan fingerprint density at radius 1 is 1.43 bits per heavy atom. The first-order valence-electron chi connectivity index (χ1n) is 7.48. The number of hydrogen-bond acceptors (Lipinski definition) is 6. The van der Waals surface area contributed by atoms with Crippen LogP contribution in [0.25, 0.3) is 0 Å². The Hall–Kier alpha value is -1.34. The molecule has 1 aromatic heterocycles. The van der Waals surface area contributed by atoms with E-state index in [1.807, 2.05) is 0 Å². The zero-order valence-corrected chi connectivity index (χ0v) is 12.5. The van der Waals surface area contributed by atoms with Gasteiger partial charge < -0.3 is 14.8 Å². The van der Waals surface area contributed by atoms with E-state index in [0.717, 1.165) is 37.1 Å². The standard InChI is InChI=1S/C14H18N4O2S/c19-12-10-4-3-9-7-15-13(21-20)17-11(9)18(10)14(8-16-12)5-1-2-6-14/h7,10,20H,1-6,8H2,(H,16,19). The number of aryl methyl sites for hydroxylation is 1. The van der Waals surface area contributed by atoms with Crippen LogP contribution in [0, 0.1) is 0 Å². The highest BCUT2D eigenvalue weighted by Gasteiger charge is 2.50. The Bertz CT molecular complexity index is 588. The molecule has 2 N–H and O–H groups in total. The van der Waals surface area contributed by atoms with Crippen molar-refractivity contribution >= 4 is 23.8 Å². The molecule has 1 aromatic rings. The van der Waals surface area contributed by atoms with E-state index in [4.69, 9.17) is 0 Å². The van der Waals surface area contributed by atoms with Gasteiger partial charge in [-0.2, -0.15) is 0 Å². The van der Waals surface area contributed by atoms with Gasteiger partial charge >= 0.3 is 0 Å². The summed E-state index contributed by atoms with van der Waals surface area (Å²) in [7, 11) is 0. The fraction of sp³-hybridized carbons (Fsp3) is 0.643. The van der Waals surface area contributed by atoms with Gasteiger partial charge in [0.2, 0.25) is 11.1 Å². The van der Waals surface area contributed by atoms with E-state index < -0.39 is 0 Å². The maximum atomic E-state index is 12.3. The van der Waals surface area contributed by atoms with Crippen LogP contribution in [0.1, 0.15) is 37.7 Å². The van der Waals surface area contributed by atoms with Gasteiger partial charge in [0, 0.05) is 18.3 Å². The molecule has 1 saturated heterocycles. The van der Waals surface area contributed by atoms with Crippen LogP contribution >= 0.6 is 12.0 Å². The number of fused-ring (bicyclic) bond motifs is 4. The molecule has 7 heteroatoms. The molecule has 0 bridgehead atoms. The molecular formula is C14H18N4O2S. The number of aromatic nitrogens is 2. The van der Waals surface area contributed by atoms with Gasteiger partial charge in [0.05, 0.1) is 17.6 Å². The van der Waals surface area contributed by atoms with Gasteiger partial charge in [0.1, 0.15) is 11.9 Å². The maximum Gasteiger partial charge on any atom is 0.242 e. The summed E-state index contributed by atoms with van der Waals surface area (Å²) < 4.78 is 9.24. The summed E-state index contributed by atoms with van der Waals surface area (Å²) in [5, 5.41) is 3.45. The second-order valence-electron chi connectivity index (χ2n) is 6.17. The van der Waals surface area contributed by atoms with Crippen LogP contribution in [-0.2, 0) is 11.2 Å². The van der Waals surface area contributed by atoms with Crippen LogP contribution in [0.4, 0.5) is 5.82 Å². The molecule has 3 aliphatic rings. The van der Waals surface area contributed by atoms with Gasteiger partial charge in [-0.1, -0.05) is 12.8 Å². The van der Waals surface area contributed by atoms with Gasteiger partial charge in [0.25, 0.3) is 0 Å².